The summed E-state index contributed by atoms with van der Waals surface area (Å²) in [5.41, 5.74) is 1.15. The molecule has 22 heavy (non-hydrogen) atoms. The summed E-state index contributed by atoms with van der Waals surface area (Å²) in [5.74, 6) is 0.573. The Kier molecular flexibility index (Phi) is 4.01. The monoisotopic (exact) mass is 302 g/mol. The average Bonchev–Trinajstić information content (AvgIpc) is 3.00. The highest BCUT2D eigenvalue weighted by atomic mass is 16.5. The Balaban J connectivity index is 1.78. The molecule has 3 rings (SSSR count). The van der Waals surface area contributed by atoms with E-state index in [0.29, 0.717) is 36.9 Å². The zero-order valence-electron chi connectivity index (χ0n) is 12.6. The molecule has 0 saturated carbocycles. The number of carbonyl (C=O) groups is 1. The zero-order chi connectivity index (χ0) is 15.5. The van der Waals surface area contributed by atoms with E-state index in [1.54, 1.807) is 41.4 Å². The molecule has 1 N–H and O–H groups in total. The minimum Gasteiger partial charge on any atom is -0.372 e. The Labute approximate surface area is 128 Å². The Morgan fingerprint density at radius 1 is 1.36 bits per heavy atom. The second kappa shape index (κ2) is 6.10. The number of anilines is 1. The molecule has 3 heterocycles. The molecule has 1 aliphatic rings. The summed E-state index contributed by atoms with van der Waals surface area (Å²) >= 11 is 0. The Morgan fingerprint density at radius 2 is 2.18 bits per heavy atom. The minimum atomic E-state index is -0.294. The first kappa shape index (κ1) is 14.5. The summed E-state index contributed by atoms with van der Waals surface area (Å²) in [7, 11) is 3.62. The molecular formula is C14H18N6O2. The molecule has 1 fully saturated rings. The third-order valence-corrected chi connectivity index (χ3v) is 3.55. The lowest BCUT2D eigenvalue weighted by atomic mass is 10.2. The Morgan fingerprint density at radius 3 is 2.91 bits per heavy atom. The fourth-order valence-electron chi connectivity index (χ4n) is 2.46. The molecular weight excluding hydrogens is 284 g/mol. The molecule has 1 amide bonds. The van der Waals surface area contributed by atoms with Crippen molar-refractivity contribution in [3.63, 3.8) is 0 Å². The summed E-state index contributed by atoms with van der Waals surface area (Å²) < 4.78 is 7.52. The van der Waals surface area contributed by atoms with Crippen LogP contribution >= 0.6 is 0 Å². The van der Waals surface area contributed by atoms with Crippen molar-refractivity contribution in [2.24, 2.45) is 7.05 Å². The lowest BCUT2D eigenvalue weighted by molar-refractivity contribution is -0.0247. The van der Waals surface area contributed by atoms with Gasteiger partial charge >= 0.3 is 0 Å². The minimum absolute atomic E-state index is 0.0937. The van der Waals surface area contributed by atoms with Crippen molar-refractivity contribution < 1.29 is 9.53 Å². The van der Waals surface area contributed by atoms with Crippen LogP contribution in [0.3, 0.4) is 0 Å². The van der Waals surface area contributed by atoms with E-state index in [0.717, 1.165) is 0 Å². The molecule has 0 unspecified atom stereocenters. The second-order valence-corrected chi connectivity index (χ2v) is 5.08. The summed E-state index contributed by atoms with van der Waals surface area (Å²) in [6.07, 6.45) is 6.28. The van der Waals surface area contributed by atoms with Crippen molar-refractivity contribution in [2.75, 3.05) is 32.1 Å². The predicted octanol–water partition coefficient (Wildman–Crippen LogP) is 0.465. The van der Waals surface area contributed by atoms with Gasteiger partial charge in [0.2, 0.25) is 0 Å². The zero-order valence-corrected chi connectivity index (χ0v) is 12.6. The fourth-order valence-corrected chi connectivity index (χ4v) is 2.46. The van der Waals surface area contributed by atoms with E-state index in [-0.39, 0.29) is 12.0 Å². The Hall–Kier alpha value is -2.48. The summed E-state index contributed by atoms with van der Waals surface area (Å²) in [6, 6.07) is 0. The number of nitrogens with zero attached hydrogens (tertiary/aromatic N) is 5. The highest BCUT2D eigenvalue weighted by Crippen LogP contribution is 2.25. The van der Waals surface area contributed by atoms with Crippen LogP contribution in [0.15, 0.2) is 24.9 Å². The lowest BCUT2D eigenvalue weighted by Crippen LogP contribution is -2.42. The van der Waals surface area contributed by atoms with E-state index in [9.17, 15) is 4.79 Å². The molecule has 1 saturated heterocycles. The topological polar surface area (TPSA) is 85.2 Å². The third kappa shape index (κ3) is 2.77. The van der Waals surface area contributed by atoms with E-state index in [1.807, 2.05) is 7.05 Å². The molecule has 0 bridgehead atoms. The van der Waals surface area contributed by atoms with Crippen molar-refractivity contribution in [1.29, 1.82) is 0 Å². The van der Waals surface area contributed by atoms with Gasteiger partial charge in [-0.2, -0.15) is 0 Å². The van der Waals surface area contributed by atoms with Gasteiger partial charge in [-0.05, 0) is 0 Å². The number of rotatable bonds is 3. The molecule has 8 heteroatoms. The molecule has 0 spiro atoms. The first-order chi connectivity index (χ1) is 10.7. The van der Waals surface area contributed by atoms with Gasteiger partial charge in [0.25, 0.3) is 5.91 Å². The van der Waals surface area contributed by atoms with Gasteiger partial charge in [-0.3, -0.25) is 9.78 Å². The molecule has 116 valence electrons. The first-order valence-corrected chi connectivity index (χ1v) is 7.06. The van der Waals surface area contributed by atoms with Crippen LogP contribution in [0, 0.1) is 0 Å². The standard InChI is InChI=1S/C14H18N6O2/c1-15-13-12(16-3-4-17-13)11-8-20(5-6-22-11)14(21)10-7-19(2)9-18-10/h3-4,7,9,11H,5-6,8H2,1-2H3,(H,15,17)/t11-/m0/s1. The van der Waals surface area contributed by atoms with Gasteiger partial charge in [0.1, 0.15) is 23.3 Å². The number of carbonyl (C=O) groups excluding carboxylic acids is 1. The van der Waals surface area contributed by atoms with Gasteiger partial charge in [-0.25, -0.2) is 9.97 Å². The van der Waals surface area contributed by atoms with Crippen molar-refractivity contribution >= 4 is 11.7 Å². The van der Waals surface area contributed by atoms with E-state index < -0.39 is 0 Å². The molecule has 0 radical (unpaired) electrons. The normalized spacial score (nSPS) is 18.3. The van der Waals surface area contributed by atoms with Crippen LogP contribution in [0.25, 0.3) is 0 Å². The van der Waals surface area contributed by atoms with Crippen molar-refractivity contribution in [3.05, 3.63) is 36.3 Å². The molecule has 0 aliphatic carbocycles. The first-order valence-electron chi connectivity index (χ1n) is 7.06. The van der Waals surface area contributed by atoms with Crippen molar-refractivity contribution in [3.8, 4) is 0 Å². The lowest BCUT2D eigenvalue weighted by Gasteiger charge is -2.32. The smallest absolute Gasteiger partial charge is 0.274 e. The number of aromatic nitrogens is 4. The maximum absolute atomic E-state index is 12.5. The van der Waals surface area contributed by atoms with E-state index in [2.05, 4.69) is 20.3 Å². The maximum Gasteiger partial charge on any atom is 0.274 e. The highest BCUT2D eigenvalue weighted by Gasteiger charge is 2.29. The van der Waals surface area contributed by atoms with Crippen LogP contribution in [0.4, 0.5) is 5.82 Å². The number of imidazole rings is 1. The maximum atomic E-state index is 12.5. The number of hydrogen-bond acceptors (Lipinski definition) is 6. The highest BCUT2D eigenvalue weighted by molar-refractivity contribution is 5.92. The number of ether oxygens (including phenoxy) is 1. The Bertz CT molecular complexity index is 671. The van der Waals surface area contributed by atoms with Crippen molar-refractivity contribution in [1.82, 2.24) is 24.4 Å². The van der Waals surface area contributed by atoms with Crippen LogP contribution in [0.1, 0.15) is 22.3 Å². The summed E-state index contributed by atoms with van der Waals surface area (Å²) in [4.78, 5) is 26.9. The van der Waals surface area contributed by atoms with Gasteiger partial charge in [0, 0.05) is 39.2 Å². The van der Waals surface area contributed by atoms with Crippen LogP contribution in [0.5, 0.6) is 0 Å². The molecule has 2 aromatic rings. The van der Waals surface area contributed by atoms with Crippen LogP contribution in [-0.4, -0.2) is 57.1 Å². The number of hydrogen-bond donors (Lipinski definition) is 1. The van der Waals surface area contributed by atoms with E-state index >= 15 is 0 Å². The SMILES string of the molecule is CNc1nccnc1[C@@H]1CN(C(=O)c2cn(C)cn2)CCO1. The number of aryl methyl sites for hydroxylation is 1. The average molecular weight is 302 g/mol. The van der Waals surface area contributed by atoms with Gasteiger partial charge in [0.05, 0.1) is 19.5 Å². The predicted molar refractivity (Wildman–Crippen MR) is 79.4 cm³/mol. The van der Waals surface area contributed by atoms with E-state index in [1.165, 1.54) is 0 Å². The third-order valence-electron chi connectivity index (χ3n) is 3.55. The fraction of sp³-hybridized carbons (Fsp3) is 0.429. The van der Waals surface area contributed by atoms with Crippen LogP contribution in [0.2, 0.25) is 0 Å². The summed E-state index contributed by atoms with van der Waals surface area (Å²) in [5, 5.41) is 3.00. The van der Waals surface area contributed by atoms with Crippen LogP contribution in [-0.2, 0) is 11.8 Å². The largest absolute Gasteiger partial charge is 0.372 e. The van der Waals surface area contributed by atoms with Gasteiger partial charge in [-0.15, -0.1) is 0 Å². The molecule has 1 atom stereocenters. The summed E-state index contributed by atoms with van der Waals surface area (Å²) in [6.45, 7) is 1.44. The van der Waals surface area contributed by atoms with Crippen molar-refractivity contribution in [2.45, 2.75) is 6.10 Å². The number of amides is 1. The molecule has 0 aromatic carbocycles. The van der Waals surface area contributed by atoms with Gasteiger partial charge in [0.15, 0.2) is 0 Å². The van der Waals surface area contributed by atoms with E-state index in [4.69, 9.17) is 4.74 Å². The van der Waals surface area contributed by atoms with Gasteiger partial charge < -0.3 is 19.5 Å². The number of nitrogens with one attached hydrogen (secondary N) is 1. The number of morpholine rings is 1. The molecule has 2 aromatic heterocycles. The van der Waals surface area contributed by atoms with Gasteiger partial charge in [-0.1, -0.05) is 0 Å². The molecule has 1 aliphatic heterocycles. The second-order valence-electron chi connectivity index (χ2n) is 5.08. The molecule has 8 nitrogen and oxygen atoms in total. The van der Waals surface area contributed by atoms with Crippen LogP contribution < -0.4 is 5.32 Å². The quantitative estimate of drug-likeness (QED) is 0.887.